The number of aliphatic hydroxyl groups is 1. The van der Waals surface area contributed by atoms with Crippen LogP contribution >= 0.6 is 11.6 Å². The number of ether oxygens (including phenoxy) is 2. The van der Waals surface area contributed by atoms with Gasteiger partial charge < -0.3 is 36.8 Å². The summed E-state index contributed by atoms with van der Waals surface area (Å²) in [7, 11) is 0. The summed E-state index contributed by atoms with van der Waals surface area (Å²) in [5.74, 6) is 1.00. The van der Waals surface area contributed by atoms with E-state index in [1.54, 1.807) is 12.1 Å². The van der Waals surface area contributed by atoms with Crippen molar-refractivity contribution in [1.29, 1.82) is 5.41 Å². The van der Waals surface area contributed by atoms with Gasteiger partial charge in [0.05, 0.1) is 18.2 Å². The van der Waals surface area contributed by atoms with E-state index in [1.165, 1.54) is 0 Å². The molecule has 1 amide bonds. The molecule has 0 saturated heterocycles. The van der Waals surface area contributed by atoms with Crippen molar-refractivity contribution in [3.05, 3.63) is 100 Å². The molecule has 13 heteroatoms. The van der Waals surface area contributed by atoms with Gasteiger partial charge in [0.25, 0.3) is 0 Å². The number of hydrogen-bond acceptors (Lipinski definition) is 11. The first kappa shape index (κ1) is 42.4. The minimum absolute atomic E-state index is 0.0215. The highest BCUT2D eigenvalue weighted by atomic mass is 35.5. The lowest BCUT2D eigenvalue weighted by molar-refractivity contribution is -0.121. The third-order valence-electron chi connectivity index (χ3n) is 9.24. The standard InChI is InChI=1S/C42H51ClN6O6/c1-28(15-21-36(52)31-18-22-38(35(23-31)47-27-50)55-25-30-11-5-2-6-12-30)9-8-14-33(51)26-54-34-19-16-29(17-20-34)10-4-3-7-13-32(44)24-37(53)39-41(45)49-42(46)40(43)48-39/h2,5-6,11-12,16-20,22-23,27-28,36,44,52H,3-4,7-10,13-15,21,24-26H2,1H3,(H,47,50)(H4,45,46,49)/t28?,36-/m0/s1. The van der Waals surface area contributed by atoms with Crippen LogP contribution in [0.4, 0.5) is 17.3 Å². The number of anilines is 3. The van der Waals surface area contributed by atoms with Crippen molar-refractivity contribution in [2.75, 3.05) is 23.4 Å². The number of ketones is 2. The summed E-state index contributed by atoms with van der Waals surface area (Å²) in [6.07, 6.45) is 7.17. The number of nitrogens with two attached hydrogens (primary N) is 2. The minimum atomic E-state index is -0.691. The van der Waals surface area contributed by atoms with E-state index in [1.807, 2.05) is 60.7 Å². The molecule has 1 heterocycles. The van der Waals surface area contributed by atoms with Crippen LogP contribution in [0.1, 0.15) is 104 Å². The summed E-state index contributed by atoms with van der Waals surface area (Å²) in [5.41, 5.74) is 14.9. The number of carbonyl (C=O) groups is 3. The van der Waals surface area contributed by atoms with Crippen molar-refractivity contribution in [2.24, 2.45) is 5.92 Å². The van der Waals surface area contributed by atoms with Crippen molar-refractivity contribution in [1.82, 2.24) is 9.97 Å². The van der Waals surface area contributed by atoms with E-state index >= 15 is 0 Å². The van der Waals surface area contributed by atoms with Crippen LogP contribution in [0.15, 0.2) is 72.8 Å². The van der Waals surface area contributed by atoms with Gasteiger partial charge in [-0.1, -0.05) is 79.9 Å². The molecule has 12 nitrogen and oxygen atoms in total. The zero-order valence-electron chi connectivity index (χ0n) is 31.3. The van der Waals surface area contributed by atoms with Gasteiger partial charge in [-0.05, 0) is 91.8 Å². The first-order valence-electron chi connectivity index (χ1n) is 18.6. The second kappa shape index (κ2) is 22.1. The number of unbranched alkanes of at least 4 members (excludes halogenated alkanes) is 2. The van der Waals surface area contributed by atoms with Gasteiger partial charge in [0.2, 0.25) is 6.41 Å². The van der Waals surface area contributed by atoms with Gasteiger partial charge >= 0.3 is 0 Å². The van der Waals surface area contributed by atoms with Crippen LogP contribution in [0, 0.1) is 11.3 Å². The Balaban J connectivity index is 1.06. The first-order valence-corrected chi connectivity index (χ1v) is 19.0. The lowest BCUT2D eigenvalue weighted by Gasteiger charge is -2.17. The predicted octanol–water partition coefficient (Wildman–Crippen LogP) is 8.11. The number of nitrogen functional groups attached to an aromatic ring is 2. The van der Waals surface area contributed by atoms with Gasteiger partial charge in [0.1, 0.15) is 24.7 Å². The van der Waals surface area contributed by atoms with Crippen molar-refractivity contribution < 1.29 is 29.0 Å². The molecule has 292 valence electrons. The molecule has 0 fully saturated rings. The Morgan fingerprint density at radius 3 is 2.40 bits per heavy atom. The van der Waals surface area contributed by atoms with E-state index in [-0.39, 0.29) is 41.3 Å². The Morgan fingerprint density at radius 1 is 0.891 bits per heavy atom. The molecule has 0 bridgehead atoms. The van der Waals surface area contributed by atoms with Crippen molar-refractivity contribution >= 4 is 52.6 Å². The maximum absolute atomic E-state index is 12.5. The highest BCUT2D eigenvalue weighted by Crippen LogP contribution is 2.31. The van der Waals surface area contributed by atoms with Crippen molar-refractivity contribution in [3.8, 4) is 11.5 Å². The Kier molecular flexibility index (Phi) is 17.1. The second-order valence-corrected chi connectivity index (χ2v) is 14.1. The number of amides is 1. The first-order chi connectivity index (χ1) is 26.5. The Labute approximate surface area is 327 Å². The van der Waals surface area contributed by atoms with Crippen molar-refractivity contribution in [2.45, 2.75) is 90.3 Å². The van der Waals surface area contributed by atoms with Crippen LogP contribution in [0.25, 0.3) is 0 Å². The lowest BCUT2D eigenvalue weighted by atomic mass is 9.94. The fraction of sp³-hybridized carbons (Fsp3) is 0.381. The van der Waals surface area contributed by atoms with Crippen LogP contribution in [-0.4, -0.2) is 45.4 Å². The molecule has 0 aliphatic heterocycles. The number of nitrogens with one attached hydrogen (secondary N) is 2. The Hall–Kier alpha value is -5.33. The van der Waals surface area contributed by atoms with Crippen LogP contribution in [0.2, 0.25) is 5.15 Å². The third-order valence-corrected chi connectivity index (χ3v) is 9.51. The lowest BCUT2D eigenvalue weighted by Crippen LogP contribution is -2.14. The highest BCUT2D eigenvalue weighted by molar-refractivity contribution is 6.31. The number of Topliss-reactive ketones (excluding diaryl/α,β-unsaturated/α-hetero) is 2. The summed E-state index contributed by atoms with van der Waals surface area (Å²) in [6, 6.07) is 22.8. The van der Waals surface area contributed by atoms with E-state index in [9.17, 15) is 19.5 Å². The molecule has 4 aromatic rings. The number of hydrogen-bond donors (Lipinski definition) is 5. The molecule has 0 spiro atoms. The second-order valence-electron chi connectivity index (χ2n) is 13.8. The van der Waals surface area contributed by atoms with Gasteiger partial charge in [-0.2, -0.15) is 0 Å². The molecular formula is C42H51ClN6O6. The zero-order chi connectivity index (χ0) is 39.6. The van der Waals surface area contributed by atoms with Gasteiger partial charge in [0, 0.05) is 12.1 Å². The van der Waals surface area contributed by atoms with E-state index in [0.717, 1.165) is 56.1 Å². The minimum Gasteiger partial charge on any atom is -0.487 e. The molecule has 0 aliphatic rings. The maximum atomic E-state index is 12.5. The van der Waals surface area contributed by atoms with E-state index < -0.39 is 11.9 Å². The molecule has 7 N–H and O–H groups in total. The molecule has 0 radical (unpaired) electrons. The maximum Gasteiger partial charge on any atom is 0.211 e. The molecule has 55 heavy (non-hydrogen) atoms. The molecule has 0 saturated carbocycles. The Morgan fingerprint density at radius 2 is 1.65 bits per heavy atom. The molecule has 4 rings (SSSR count). The van der Waals surface area contributed by atoms with Gasteiger partial charge in [0.15, 0.2) is 34.0 Å². The molecule has 1 unspecified atom stereocenters. The highest BCUT2D eigenvalue weighted by Gasteiger charge is 2.18. The fourth-order valence-electron chi connectivity index (χ4n) is 6.04. The van der Waals surface area contributed by atoms with Crippen LogP contribution in [0.3, 0.4) is 0 Å². The normalized spacial score (nSPS) is 12.1. The van der Waals surface area contributed by atoms with Crippen LogP contribution in [0.5, 0.6) is 11.5 Å². The fourth-order valence-corrected chi connectivity index (χ4v) is 6.17. The summed E-state index contributed by atoms with van der Waals surface area (Å²) >= 11 is 5.86. The molecular weight excluding hydrogens is 720 g/mol. The van der Waals surface area contributed by atoms with Gasteiger partial charge in [-0.3, -0.25) is 14.4 Å². The van der Waals surface area contributed by atoms with E-state index in [4.69, 9.17) is 38.0 Å². The summed E-state index contributed by atoms with van der Waals surface area (Å²) in [5, 5.41) is 21.6. The van der Waals surface area contributed by atoms with Crippen LogP contribution in [-0.2, 0) is 22.6 Å². The topological polar surface area (TPSA) is 204 Å². The van der Waals surface area contributed by atoms with Crippen LogP contribution < -0.4 is 26.3 Å². The summed E-state index contributed by atoms with van der Waals surface area (Å²) in [6.45, 7) is 2.50. The van der Waals surface area contributed by atoms with E-state index in [0.29, 0.717) is 66.7 Å². The van der Waals surface area contributed by atoms with Crippen molar-refractivity contribution in [3.63, 3.8) is 0 Å². The number of nitrogens with zero attached hydrogens (tertiary/aromatic N) is 2. The third kappa shape index (κ3) is 14.4. The average Bonchev–Trinajstić information content (AvgIpc) is 3.17. The number of benzene rings is 3. The smallest absolute Gasteiger partial charge is 0.211 e. The Bertz CT molecular complexity index is 1870. The quantitative estimate of drug-likeness (QED) is 0.0190. The average molecular weight is 771 g/mol. The number of halogens is 1. The largest absolute Gasteiger partial charge is 0.487 e. The number of aliphatic hydroxyl groups excluding tert-OH is 1. The molecule has 2 atom stereocenters. The number of aryl methyl sites for hydroxylation is 1. The van der Waals surface area contributed by atoms with Gasteiger partial charge in [-0.15, -0.1) is 0 Å². The van der Waals surface area contributed by atoms with Gasteiger partial charge in [-0.25, -0.2) is 9.97 Å². The number of carbonyl (C=O) groups excluding carboxylic acids is 3. The molecule has 1 aromatic heterocycles. The number of rotatable bonds is 25. The molecule has 0 aliphatic carbocycles. The predicted molar refractivity (Wildman–Crippen MR) is 216 cm³/mol. The number of aromatic nitrogens is 2. The monoisotopic (exact) mass is 770 g/mol. The molecule has 3 aromatic carbocycles. The SMILES string of the molecule is CC(CCCC(=O)COc1ccc(CCCCCC(=N)CC(=O)c2nc(Cl)c(N)nc2N)cc1)CC[C@H](O)c1ccc(OCc2ccccc2)c(NC=O)c1. The summed E-state index contributed by atoms with van der Waals surface area (Å²) in [4.78, 5) is 43.9. The zero-order valence-corrected chi connectivity index (χ0v) is 32.0. The summed E-state index contributed by atoms with van der Waals surface area (Å²) < 4.78 is 11.6. The van der Waals surface area contributed by atoms with E-state index in [2.05, 4.69) is 22.2 Å².